The van der Waals surface area contributed by atoms with E-state index in [9.17, 15) is 18.4 Å². The van der Waals surface area contributed by atoms with Crippen molar-refractivity contribution in [3.63, 3.8) is 0 Å². The van der Waals surface area contributed by atoms with Crippen LogP contribution in [0.25, 0.3) is 0 Å². The van der Waals surface area contributed by atoms with Crippen molar-refractivity contribution in [3.05, 3.63) is 75.8 Å². The quantitative estimate of drug-likeness (QED) is 0.338. The van der Waals surface area contributed by atoms with E-state index in [1.165, 1.54) is 57.7 Å². The first-order valence-corrected chi connectivity index (χ1v) is 10.1. The lowest BCUT2D eigenvalue weighted by molar-refractivity contribution is 0.0732. The molecule has 3 aromatic rings. The summed E-state index contributed by atoms with van der Waals surface area (Å²) in [6, 6.07) is 10.2. The van der Waals surface area contributed by atoms with Gasteiger partial charge in [-0.25, -0.2) is 13.6 Å². The van der Waals surface area contributed by atoms with Gasteiger partial charge in [-0.3, -0.25) is 4.79 Å². The lowest BCUT2D eigenvalue weighted by atomic mass is 10.2. The van der Waals surface area contributed by atoms with Gasteiger partial charge in [0.15, 0.2) is 28.9 Å². The molecule has 10 heteroatoms. The minimum atomic E-state index is -0.881. The van der Waals surface area contributed by atoms with Crippen LogP contribution in [0, 0.1) is 11.6 Å². The van der Waals surface area contributed by atoms with Crippen molar-refractivity contribution < 1.29 is 37.3 Å². The first-order valence-electron chi connectivity index (χ1n) is 9.35. The molecule has 3 aromatic carbocycles. The van der Waals surface area contributed by atoms with Crippen LogP contribution in [0.4, 0.5) is 14.5 Å². The van der Waals surface area contributed by atoms with Gasteiger partial charge in [-0.15, -0.1) is 0 Å². The molecule has 0 fully saturated rings. The fourth-order valence-electron chi connectivity index (χ4n) is 2.83. The molecule has 0 atom stereocenters. The molecule has 0 bridgehead atoms. The highest BCUT2D eigenvalue weighted by Crippen LogP contribution is 2.38. The summed E-state index contributed by atoms with van der Waals surface area (Å²) in [6.07, 6.45) is 0. The maximum Gasteiger partial charge on any atom is 0.343 e. The molecule has 0 aliphatic rings. The number of methoxy groups -OCH3 is 3. The van der Waals surface area contributed by atoms with E-state index in [1.807, 2.05) is 0 Å². The van der Waals surface area contributed by atoms with Gasteiger partial charge in [0.05, 0.1) is 37.1 Å². The Labute approximate surface area is 196 Å². The summed E-state index contributed by atoms with van der Waals surface area (Å²) in [6.45, 7) is 0. The van der Waals surface area contributed by atoms with Crippen LogP contribution in [0.5, 0.6) is 23.0 Å². The van der Waals surface area contributed by atoms with Crippen molar-refractivity contribution in [1.29, 1.82) is 0 Å². The molecule has 0 aliphatic carbocycles. The average Bonchev–Trinajstić information content (AvgIpc) is 2.80. The normalized spacial score (nSPS) is 10.4. The molecule has 0 saturated carbocycles. The molecule has 0 saturated heterocycles. The second-order valence-corrected chi connectivity index (χ2v) is 7.38. The summed E-state index contributed by atoms with van der Waals surface area (Å²) < 4.78 is 48.6. The van der Waals surface area contributed by atoms with E-state index in [-0.39, 0.29) is 38.5 Å². The maximum absolute atomic E-state index is 14.0. The number of carbonyl (C=O) groups is 2. The van der Waals surface area contributed by atoms with Crippen molar-refractivity contribution in [2.45, 2.75) is 0 Å². The van der Waals surface area contributed by atoms with E-state index >= 15 is 0 Å². The molecule has 0 aromatic heterocycles. The monoisotopic (exact) mass is 521 g/mol. The lowest BCUT2D eigenvalue weighted by Crippen LogP contribution is -2.16. The van der Waals surface area contributed by atoms with Gasteiger partial charge in [0.2, 0.25) is 0 Å². The number of benzene rings is 3. The summed E-state index contributed by atoms with van der Waals surface area (Å²) in [7, 11) is 4.02. The molecule has 0 unspecified atom stereocenters. The maximum atomic E-state index is 14.0. The van der Waals surface area contributed by atoms with Gasteiger partial charge in [0, 0.05) is 11.6 Å². The van der Waals surface area contributed by atoms with Crippen LogP contribution in [0.15, 0.2) is 53.0 Å². The van der Waals surface area contributed by atoms with E-state index < -0.39 is 23.5 Å². The minimum absolute atomic E-state index is 0.00162. The van der Waals surface area contributed by atoms with E-state index in [4.69, 9.17) is 18.9 Å². The summed E-state index contributed by atoms with van der Waals surface area (Å²) in [5.41, 5.74) is -0.0166. The molecule has 1 N–H and O–H groups in total. The Balaban J connectivity index is 1.92. The third kappa shape index (κ3) is 5.40. The van der Waals surface area contributed by atoms with Crippen molar-refractivity contribution >= 4 is 33.5 Å². The van der Waals surface area contributed by atoms with Crippen LogP contribution in [0.2, 0.25) is 0 Å². The van der Waals surface area contributed by atoms with E-state index in [0.29, 0.717) is 5.75 Å². The summed E-state index contributed by atoms with van der Waals surface area (Å²) in [5.74, 6) is -2.78. The zero-order chi connectivity index (χ0) is 24.1. The predicted molar refractivity (Wildman–Crippen MR) is 120 cm³/mol. The van der Waals surface area contributed by atoms with Crippen LogP contribution in [-0.4, -0.2) is 33.2 Å². The first-order chi connectivity index (χ1) is 15.8. The van der Waals surface area contributed by atoms with Gasteiger partial charge in [-0.1, -0.05) is 0 Å². The Morgan fingerprint density at radius 3 is 1.94 bits per heavy atom. The largest absolute Gasteiger partial charge is 0.497 e. The van der Waals surface area contributed by atoms with Crippen LogP contribution in [0.1, 0.15) is 20.7 Å². The Kier molecular flexibility index (Phi) is 7.49. The van der Waals surface area contributed by atoms with Gasteiger partial charge in [0.1, 0.15) is 5.75 Å². The van der Waals surface area contributed by atoms with Crippen LogP contribution in [-0.2, 0) is 0 Å². The highest BCUT2D eigenvalue weighted by atomic mass is 79.9. The Morgan fingerprint density at radius 2 is 1.39 bits per heavy atom. The number of ether oxygens (including phenoxy) is 4. The number of nitrogens with one attached hydrogen (secondary N) is 1. The number of anilines is 1. The SMILES string of the molecule is COc1cc(Br)c(OC(=O)c2ccc(OC)c(F)c2)c(NC(=O)c2ccc(OC)c(F)c2)c1. The highest BCUT2D eigenvalue weighted by Gasteiger charge is 2.20. The van der Waals surface area contributed by atoms with Crippen LogP contribution in [0.3, 0.4) is 0 Å². The van der Waals surface area contributed by atoms with Gasteiger partial charge >= 0.3 is 5.97 Å². The van der Waals surface area contributed by atoms with E-state index in [0.717, 1.165) is 12.1 Å². The molecule has 0 spiro atoms. The van der Waals surface area contributed by atoms with E-state index in [1.54, 1.807) is 0 Å². The third-order valence-electron chi connectivity index (χ3n) is 4.50. The number of carbonyl (C=O) groups excluding carboxylic acids is 2. The van der Waals surface area contributed by atoms with Crippen LogP contribution < -0.4 is 24.3 Å². The number of amides is 1. The van der Waals surface area contributed by atoms with Crippen LogP contribution >= 0.6 is 15.9 Å². The zero-order valence-corrected chi connectivity index (χ0v) is 19.3. The van der Waals surface area contributed by atoms with Crippen molar-refractivity contribution in [3.8, 4) is 23.0 Å². The standard InChI is InChI=1S/C23H18BrF2NO6/c1-30-14-10-15(24)21(33-23(29)13-5-7-20(32-3)17(26)9-13)18(11-14)27-22(28)12-4-6-19(31-2)16(25)8-12/h4-11H,1-3H3,(H,27,28). The summed E-state index contributed by atoms with van der Waals surface area (Å²) in [4.78, 5) is 25.4. The summed E-state index contributed by atoms with van der Waals surface area (Å²) >= 11 is 3.27. The number of hydrogen-bond donors (Lipinski definition) is 1. The van der Waals surface area contributed by atoms with Gasteiger partial charge in [-0.05, 0) is 58.4 Å². The molecule has 0 aliphatic heterocycles. The zero-order valence-electron chi connectivity index (χ0n) is 17.7. The molecule has 33 heavy (non-hydrogen) atoms. The van der Waals surface area contributed by atoms with Gasteiger partial charge in [-0.2, -0.15) is 0 Å². The molecule has 1 amide bonds. The molecular formula is C23H18BrF2NO6. The minimum Gasteiger partial charge on any atom is -0.497 e. The molecular weight excluding hydrogens is 504 g/mol. The predicted octanol–water partition coefficient (Wildman–Crippen LogP) is 5.22. The molecule has 172 valence electrons. The van der Waals surface area contributed by atoms with Gasteiger partial charge < -0.3 is 24.3 Å². The summed E-state index contributed by atoms with van der Waals surface area (Å²) in [5, 5.41) is 2.57. The van der Waals surface area contributed by atoms with Crippen molar-refractivity contribution in [2.75, 3.05) is 26.6 Å². The number of hydrogen-bond acceptors (Lipinski definition) is 6. The Morgan fingerprint density at radius 1 is 0.818 bits per heavy atom. The third-order valence-corrected chi connectivity index (χ3v) is 5.09. The second kappa shape index (κ2) is 10.3. The molecule has 0 radical (unpaired) electrons. The number of esters is 1. The highest BCUT2D eigenvalue weighted by molar-refractivity contribution is 9.10. The molecule has 7 nitrogen and oxygen atoms in total. The smallest absolute Gasteiger partial charge is 0.343 e. The van der Waals surface area contributed by atoms with Crippen molar-refractivity contribution in [2.24, 2.45) is 0 Å². The molecule has 3 rings (SSSR count). The fourth-order valence-corrected chi connectivity index (χ4v) is 3.35. The Bertz CT molecular complexity index is 1220. The molecule has 0 heterocycles. The first kappa shape index (κ1) is 24.0. The second-order valence-electron chi connectivity index (χ2n) is 6.53. The lowest BCUT2D eigenvalue weighted by Gasteiger charge is -2.15. The topological polar surface area (TPSA) is 83.1 Å². The van der Waals surface area contributed by atoms with E-state index in [2.05, 4.69) is 21.2 Å². The fraction of sp³-hybridized carbons (Fsp3) is 0.130. The van der Waals surface area contributed by atoms with Crippen molar-refractivity contribution in [1.82, 2.24) is 0 Å². The van der Waals surface area contributed by atoms with Gasteiger partial charge in [0.25, 0.3) is 5.91 Å². The number of halogens is 3. The Hall–Kier alpha value is -3.66. The number of rotatable bonds is 7. The average molecular weight is 522 g/mol.